The SMILES string of the molecule is Cc1ccc(OC[C@@H](O)C[NH+]2CCC(Cc3ccccc3)CC2)cc1. The predicted molar refractivity (Wildman–Crippen MR) is 101 cm³/mol. The smallest absolute Gasteiger partial charge is 0.137 e. The van der Waals surface area contributed by atoms with Crippen LogP contribution in [0.25, 0.3) is 0 Å². The molecule has 3 rings (SSSR count). The molecule has 134 valence electrons. The molecule has 3 nitrogen and oxygen atoms in total. The van der Waals surface area contributed by atoms with Crippen LogP contribution in [0.2, 0.25) is 0 Å². The van der Waals surface area contributed by atoms with Gasteiger partial charge in [0.05, 0.1) is 13.1 Å². The van der Waals surface area contributed by atoms with Crippen LogP contribution in [0.5, 0.6) is 5.75 Å². The summed E-state index contributed by atoms with van der Waals surface area (Å²) in [6.45, 7) is 5.52. The van der Waals surface area contributed by atoms with Crippen LogP contribution in [-0.2, 0) is 6.42 Å². The molecule has 1 atom stereocenters. The summed E-state index contributed by atoms with van der Waals surface area (Å²) in [6, 6.07) is 18.8. The molecule has 0 radical (unpaired) electrons. The summed E-state index contributed by atoms with van der Waals surface area (Å²) in [4.78, 5) is 1.50. The van der Waals surface area contributed by atoms with Crippen LogP contribution < -0.4 is 9.64 Å². The molecule has 0 unspecified atom stereocenters. The van der Waals surface area contributed by atoms with Crippen molar-refractivity contribution in [2.45, 2.75) is 32.3 Å². The zero-order valence-corrected chi connectivity index (χ0v) is 15.2. The van der Waals surface area contributed by atoms with Crippen LogP contribution in [0.3, 0.4) is 0 Å². The summed E-state index contributed by atoms with van der Waals surface area (Å²) in [5, 5.41) is 10.3. The molecular weight excluding hydrogens is 310 g/mol. The maximum absolute atomic E-state index is 10.3. The van der Waals surface area contributed by atoms with E-state index >= 15 is 0 Å². The van der Waals surface area contributed by atoms with Crippen molar-refractivity contribution < 1.29 is 14.7 Å². The van der Waals surface area contributed by atoms with Gasteiger partial charge in [0.25, 0.3) is 0 Å². The first-order chi connectivity index (χ1) is 12.2. The Labute approximate surface area is 151 Å². The van der Waals surface area contributed by atoms with Crippen LogP contribution >= 0.6 is 0 Å². The highest BCUT2D eigenvalue weighted by Crippen LogP contribution is 2.16. The summed E-state index contributed by atoms with van der Waals surface area (Å²) >= 11 is 0. The zero-order chi connectivity index (χ0) is 17.5. The van der Waals surface area contributed by atoms with Crippen molar-refractivity contribution in [2.75, 3.05) is 26.2 Å². The highest BCUT2D eigenvalue weighted by Gasteiger charge is 2.24. The third-order valence-electron chi connectivity index (χ3n) is 5.17. The minimum absolute atomic E-state index is 0.375. The lowest BCUT2D eigenvalue weighted by atomic mass is 9.90. The molecule has 2 aromatic rings. The van der Waals surface area contributed by atoms with Gasteiger partial charge in [-0.05, 0) is 49.8 Å². The van der Waals surface area contributed by atoms with Crippen LogP contribution in [-0.4, -0.2) is 37.5 Å². The van der Waals surface area contributed by atoms with Gasteiger partial charge in [0.15, 0.2) is 0 Å². The average molecular weight is 340 g/mol. The Balaban J connectivity index is 1.36. The van der Waals surface area contributed by atoms with Gasteiger partial charge in [-0.3, -0.25) is 0 Å². The Kier molecular flexibility index (Phi) is 6.48. The number of hydrogen-bond acceptors (Lipinski definition) is 2. The molecule has 0 aliphatic carbocycles. The van der Waals surface area contributed by atoms with Crippen LogP contribution in [0, 0.1) is 12.8 Å². The molecular formula is C22H30NO2+. The van der Waals surface area contributed by atoms with E-state index in [1.807, 2.05) is 24.3 Å². The van der Waals surface area contributed by atoms with Gasteiger partial charge in [-0.25, -0.2) is 0 Å². The van der Waals surface area contributed by atoms with E-state index in [2.05, 4.69) is 37.3 Å². The molecule has 1 aliphatic heterocycles. The second-order valence-corrected chi connectivity index (χ2v) is 7.37. The second kappa shape index (κ2) is 9.02. The quantitative estimate of drug-likeness (QED) is 0.811. The van der Waals surface area contributed by atoms with E-state index in [-0.39, 0.29) is 0 Å². The standard InChI is InChI=1S/C22H29NO2/c1-18-7-9-22(10-8-18)25-17-21(24)16-23-13-11-20(12-14-23)15-19-5-3-2-4-6-19/h2-10,20-21,24H,11-17H2,1H3/p+1/t21-/m0/s1. The molecule has 1 heterocycles. The molecule has 3 heteroatoms. The van der Waals surface area contributed by atoms with Crippen molar-refractivity contribution in [3.05, 3.63) is 65.7 Å². The number of rotatable bonds is 7. The Morgan fingerprint density at radius 2 is 1.72 bits per heavy atom. The Morgan fingerprint density at radius 3 is 2.40 bits per heavy atom. The van der Waals surface area contributed by atoms with Crippen molar-refractivity contribution in [1.29, 1.82) is 0 Å². The minimum Gasteiger partial charge on any atom is -0.491 e. The molecule has 25 heavy (non-hydrogen) atoms. The average Bonchev–Trinajstić information content (AvgIpc) is 2.64. The van der Waals surface area contributed by atoms with Crippen LogP contribution in [0.1, 0.15) is 24.0 Å². The lowest BCUT2D eigenvalue weighted by molar-refractivity contribution is -0.909. The van der Waals surface area contributed by atoms with Gasteiger partial charge < -0.3 is 14.7 Å². The lowest BCUT2D eigenvalue weighted by Crippen LogP contribution is -3.14. The lowest BCUT2D eigenvalue weighted by Gasteiger charge is -2.30. The molecule has 1 fully saturated rings. The van der Waals surface area contributed by atoms with Crippen molar-refractivity contribution in [2.24, 2.45) is 5.92 Å². The Hall–Kier alpha value is -1.84. The number of aryl methyl sites for hydroxylation is 1. The van der Waals surface area contributed by atoms with Gasteiger partial charge in [0.1, 0.15) is 25.0 Å². The number of aliphatic hydroxyl groups is 1. The Morgan fingerprint density at radius 1 is 1.04 bits per heavy atom. The number of quaternary nitrogens is 1. The number of piperidine rings is 1. The maximum Gasteiger partial charge on any atom is 0.137 e. The number of likely N-dealkylation sites (tertiary alicyclic amines) is 1. The third-order valence-corrected chi connectivity index (χ3v) is 5.17. The van der Waals surface area contributed by atoms with E-state index in [4.69, 9.17) is 4.74 Å². The van der Waals surface area contributed by atoms with Gasteiger partial charge in [0.2, 0.25) is 0 Å². The monoisotopic (exact) mass is 340 g/mol. The molecule has 0 amide bonds. The first kappa shape index (κ1) is 18.0. The number of benzene rings is 2. The number of aliphatic hydroxyl groups excluding tert-OH is 1. The molecule has 0 spiro atoms. The van der Waals surface area contributed by atoms with Gasteiger partial charge >= 0.3 is 0 Å². The van der Waals surface area contributed by atoms with E-state index in [1.54, 1.807) is 0 Å². The fourth-order valence-corrected chi connectivity index (χ4v) is 3.66. The third kappa shape index (κ3) is 5.87. The highest BCUT2D eigenvalue weighted by molar-refractivity contribution is 5.26. The first-order valence-corrected chi connectivity index (χ1v) is 9.44. The zero-order valence-electron chi connectivity index (χ0n) is 15.2. The van der Waals surface area contributed by atoms with Crippen molar-refractivity contribution in [3.8, 4) is 5.75 Å². The van der Waals surface area contributed by atoms with E-state index < -0.39 is 6.10 Å². The maximum atomic E-state index is 10.3. The largest absolute Gasteiger partial charge is 0.491 e. The van der Waals surface area contributed by atoms with E-state index in [0.29, 0.717) is 6.61 Å². The minimum atomic E-state index is -0.401. The molecule has 0 saturated carbocycles. The summed E-state index contributed by atoms with van der Waals surface area (Å²) < 4.78 is 5.70. The van der Waals surface area contributed by atoms with Crippen molar-refractivity contribution in [1.82, 2.24) is 0 Å². The highest BCUT2D eigenvalue weighted by atomic mass is 16.5. The number of ether oxygens (including phenoxy) is 1. The fourth-order valence-electron chi connectivity index (χ4n) is 3.66. The van der Waals surface area contributed by atoms with E-state index in [0.717, 1.165) is 31.3 Å². The van der Waals surface area contributed by atoms with Crippen LogP contribution in [0.4, 0.5) is 0 Å². The molecule has 2 aromatic carbocycles. The molecule has 2 N–H and O–H groups in total. The predicted octanol–water partition coefficient (Wildman–Crippen LogP) is 2.27. The van der Waals surface area contributed by atoms with Crippen molar-refractivity contribution in [3.63, 3.8) is 0 Å². The van der Waals surface area contributed by atoms with Crippen molar-refractivity contribution >= 4 is 0 Å². The number of nitrogens with one attached hydrogen (secondary N) is 1. The van der Waals surface area contributed by atoms with Gasteiger partial charge in [-0.2, -0.15) is 0 Å². The van der Waals surface area contributed by atoms with Gasteiger partial charge in [-0.15, -0.1) is 0 Å². The van der Waals surface area contributed by atoms with E-state index in [1.165, 1.54) is 35.3 Å². The summed E-state index contributed by atoms with van der Waals surface area (Å²) in [5.41, 5.74) is 2.66. The molecule has 0 bridgehead atoms. The topological polar surface area (TPSA) is 33.9 Å². The van der Waals surface area contributed by atoms with E-state index in [9.17, 15) is 5.11 Å². The molecule has 0 aromatic heterocycles. The van der Waals surface area contributed by atoms with Gasteiger partial charge in [-0.1, -0.05) is 48.0 Å². The molecule has 1 saturated heterocycles. The first-order valence-electron chi connectivity index (χ1n) is 9.44. The fraction of sp³-hybridized carbons (Fsp3) is 0.455. The Bertz CT molecular complexity index is 618. The summed E-state index contributed by atoms with van der Waals surface area (Å²) in [5.74, 6) is 1.62. The van der Waals surface area contributed by atoms with Crippen LogP contribution in [0.15, 0.2) is 54.6 Å². The van der Waals surface area contributed by atoms with Gasteiger partial charge in [0, 0.05) is 0 Å². The summed E-state index contributed by atoms with van der Waals surface area (Å²) in [6.07, 6.45) is 3.28. The summed E-state index contributed by atoms with van der Waals surface area (Å²) in [7, 11) is 0. The second-order valence-electron chi connectivity index (χ2n) is 7.37. The molecule has 1 aliphatic rings. The number of hydrogen-bond donors (Lipinski definition) is 2. The normalized spacial score (nSPS) is 21.7.